The third kappa shape index (κ3) is 5.92. The minimum absolute atomic E-state index is 0.0711. The molecule has 0 radical (unpaired) electrons. The molecule has 1 aromatic rings. The van der Waals surface area contributed by atoms with Gasteiger partial charge >= 0.3 is 0 Å². The first kappa shape index (κ1) is 17.9. The second kappa shape index (κ2) is 8.99. The predicted molar refractivity (Wildman–Crippen MR) is 91.6 cm³/mol. The van der Waals surface area contributed by atoms with Gasteiger partial charge in [-0.2, -0.15) is 0 Å². The van der Waals surface area contributed by atoms with Crippen molar-refractivity contribution in [2.75, 3.05) is 33.3 Å². The molecule has 5 nitrogen and oxygen atoms in total. The quantitative estimate of drug-likeness (QED) is 0.757. The predicted octanol–water partition coefficient (Wildman–Crippen LogP) is 2.12. The Morgan fingerprint density at radius 3 is 2.91 bits per heavy atom. The van der Waals surface area contributed by atoms with Crippen LogP contribution in [0.1, 0.15) is 42.9 Å². The van der Waals surface area contributed by atoms with Gasteiger partial charge < -0.3 is 10.1 Å². The summed E-state index contributed by atoms with van der Waals surface area (Å²) in [4.78, 5) is 19.0. The van der Waals surface area contributed by atoms with Crippen LogP contribution in [0.3, 0.4) is 0 Å². The SMILES string of the molecule is COC1CN(CCCc2cccc(C(=O)NCCC(C)C)n2)C1. The topological polar surface area (TPSA) is 54.5 Å². The fraction of sp³-hybridized carbons (Fsp3) is 0.667. The summed E-state index contributed by atoms with van der Waals surface area (Å²) in [5.74, 6) is 0.520. The zero-order valence-corrected chi connectivity index (χ0v) is 14.5. The molecule has 1 aromatic heterocycles. The summed E-state index contributed by atoms with van der Waals surface area (Å²) in [5, 5.41) is 2.94. The van der Waals surface area contributed by atoms with Gasteiger partial charge in [0, 0.05) is 32.4 Å². The number of hydrogen-bond acceptors (Lipinski definition) is 4. The number of nitrogens with one attached hydrogen (secondary N) is 1. The van der Waals surface area contributed by atoms with Crippen LogP contribution in [0, 0.1) is 5.92 Å². The van der Waals surface area contributed by atoms with Crippen molar-refractivity contribution in [1.29, 1.82) is 0 Å². The Morgan fingerprint density at radius 1 is 1.43 bits per heavy atom. The molecule has 0 aromatic carbocycles. The molecular formula is C18H29N3O2. The van der Waals surface area contributed by atoms with Crippen molar-refractivity contribution in [3.8, 4) is 0 Å². The van der Waals surface area contributed by atoms with Gasteiger partial charge in [0.25, 0.3) is 5.91 Å². The summed E-state index contributed by atoms with van der Waals surface area (Å²) in [5.41, 5.74) is 1.51. The van der Waals surface area contributed by atoms with Crippen LogP contribution < -0.4 is 5.32 Å². The van der Waals surface area contributed by atoms with Crippen molar-refractivity contribution >= 4 is 5.91 Å². The maximum atomic E-state index is 12.1. The third-order valence-electron chi connectivity index (χ3n) is 4.21. The highest BCUT2D eigenvalue weighted by atomic mass is 16.5. The number of nitrogens with zero attached hydrogens (tertiary/aromatic N) is 2. The largest absolute Gasteiger partial charge is 0.379 e. The van der Waals surface area contributed by atoms with E-state index in [0.717, 1.165) is 44.6 Å². The van der Waals surface area contributed by atoms with Crippen molar-refractivity contribution in [3.05, 3.63) is 29.6 Å². The molecule has 0 bridgehead atoms. The standard InChI is InChI=1S/C18H29N3O2/c1-14(2)9-10-19-18(22)17-8-4-6-15(20-17)7-5-11-21-12-16(13-21)23-3/h4,6,8,14,16H,5,7,9-13H2,1-3H3,(H,19,22). The summed E-state index contributed by atoms with van der Waals surface area (Å²) in [6, 6.07) is 5.70. The van der Waals surface area contributed by atoms with E-state index in [1.165, 1.54) is 0 Å². The average molecular weight is 319 g/mol. The van der Waals surface area contributed by atoms with Gasteiger partial charge in [0.2, 0.25) is 0 Å². The van der Waals surface area contributed by atoms with Crippen molar-refractivity contribution in [2.24, 2.45) is 5.92 Å². The molecule has 0 unspecified atom stereocenters. The molecule has 1 fully saturated rings. The molecule has 5 heteroatoms. The molecule has 23 heavy (non-hydrogen) atoms. The molecule has 1 aliphatic rings. The number of pyridine rings is 1. The van der Waals surface area contributed by atoms with E-state index in [4.69, 9.17) is 4.74 Å². The number of methoxy groups -OCH3 is 1. The molecular weight excluding hydrogens is 290 g/mol. The Bertz CT molecular complexity index is 499. The lowest BCUT2D eigenvalue weighted by Gasteiger charge is -2.38. The Morgan fingerprint density at radius 2 is 2.22 bits per heavy atom. The van der Waals surface area contributed by atoms with Gasteiger partial charge in [-0.1, -0.05) is 19.9 Å². The minimum atomic E-state index is -0.0711. The first-order valence-corrected chi connectivity index (χ1v) is 8.57. The number of aromatic nitrogens is 1. The van der Waals surface area contributed by atoms with Crippen molar-refractivity contribution in [2.45, 2.75) is 39.2 Å². The van der Waals surface area contributed by atoms with Gasteiger partial charge in [0.05, 0.1) is 6.10 Å². The van der Waals surface area contributed by atoms with E-state index in [2.05, 4.69) is 29.0 Å². The summed E-state index contributed by atoms with van der Waals surface area (Å²) in [7, 11) is 1.77. The van der Waals surface area contributed by atoms with Gasteiger partial charge in [-0.3, -0.25) is 9.69 Å². The van der Waals surface area contributed by atoms with Crippen molar-refractivity contribution in [3.63, 3.8) is 0 Å². The normalized spacial score (nSPS) is 15.7. The molecule has 1 N–H and O–H groups in total. The minimum Gasteiger partial charge on any atom is -0.379 e. The number of likely N-dealkylation sites (tertiary alicyclic amines) is 1. The lowest BCUT2D eigenvalue weighted by molar-refractivity contribution is -0.0294. The molecule has 128 valence electrons. The van der Waals surface area contributed by atoms with Crippen molar-refractivity contribution < 1.29 is 9.53 Å². The number of hydrogen-bond donors (Lipinski definition) is 1. The van der Waals surface area contributed by atoms with E-state index in [1.807, 2.05) is 12.1 Å². The maximum absolute atomic E-state index is 12.1. The first-order chi connectivity index (χ1) is 11.1. The van der Waals surface area contributed by atoms with Gasteiger partial charge in [-0.25, -0.2) is 4.98 Å². The molecule has 2 rings (SSSR count). The number of aryl methyl sites for hydroxylation is 1. The Kier molecular flexibility index (Phi) is 6.99. The second-order valence-electron chi connectivity index (χ2n) is 6.67. The number of rotatable bonds is 9. The van der Waals surface area contributed by atoms with E-state index >= 15 is 0 Å². The number of amides is 1. The summed E-state index contributed by atoms with van der Waals surface area (Å²) in [6.45, 7) is 8.13. The van der Waals surface area contributed by atoms with Crippen LogP contribution >= 0.6 is 0 Å². The zero-order valence-electron chi connectivity index (χ0n) is 14.5. The highest BCUT2D eigenvalue weighted by Crippen LogP contribution is 2.12. The van der Waals surface area contributed by atoms with Crippen molar-refractivity contribution in [1.82, 2.24) is 15.2 Å². The van der Waals surface area contributed by atoms with Crippen LogP contribution in [0.25, 0.3) is 0 Å². The number of carbonyl (C=O) groups is 1. The first-order valence-electron chi connectivity index (χ1n) is 8.57. The maximum Gasteiger partial charge on any atom is 0.269 e. The van der Waals surface area contributed by atoms with Crippen LogP contribution in [0.2, 0.25) is 0 Å². The number of ether oxygens (including phenoxy) is 1. The second-order valence-corrected chi connectivity index (χ2v) is 6.67. The van der Waals surface area contributed by atoms with Gasteiger partial charge in [-0.05, 0) is 43.9 Å². The highest BCUT2D eigenvalue weighted by Gasteiger charge is 2.25. The van der Waals surface area contributed by atoms with Gasteiger partial charge in [0.1, 0.15) is 5.69 Å². The van der Waals surface area contributed by atoms with E-state index in [9.17, 15) is 4.79 Å². The number of carbonyl (C=O) groups excluding carboxylic acids is 1. The smallest absolute Gasteiger partial charge is 0.269 e. The average Bonchev–Trinajstić information content (AvgIpc) is 2.49. The van der Waals surface area contributed by atoms with Crippen LogP contribution in [-0.4, -0.2) is 55.2 Å². The molecule has 0 aliphatic carbocycles. The van der Waals surface area contributed by atoms with Crippen LogP contribution in [0.15, 0.2) is 18.2 Å². The highest BCUT2D eigenvalue weighted by molar-refractivity contribution is 5.92. The summed E-state index contributed by atoms with van der Waals surface area (Å²) < 4.78 is 5.27. The van der Waals surface area contributed by atoms with Crippen LogP contribution in [-0.2, 0) is 11.2 Å². The lowest BCUT2D eigenvalue weighted by Crippen LogP contribution is -2.51. The fourth-order valence-electron chi connectivity index (χ4n) is 2.65. The molecule has 2 heterocycles. The summed E-state index contributed by atoms with van der Waals surface area (Å²) >= 11 is 0. The van der Waals surface area contributed by atoms with E-state index < -0.39 is 0 Å². The van der Waals surface area contributed by atoms with Gasteiger partial charge in [-0.15, -0.1) is 0 Å². The zero-order chi connectivity index (χ0) is 16.7. The Balaban J connectivity index is 1.72. The molecule has 1 amide bonds. The van der Waals surface area contributed by atoms with Crippen LogP contribution in [0.4, 0.5) is 0 Å². The molecule has 1 aliphatic heterocycles. The van der Waals surface area contributed by atoms with E-state index in [-0.39, 0.29) is 5.91 Å². The monoisotopic (exact) mass is 319 g/mol. The summed E-state index contributed by atoms with van der Waals surface area (Å²) in [6.07, 6.45) is 3.36. The van der Waals surface area contributed by atoms with Crippen LogP contribution in [0.5, 0.6) is 0 Å². The fourth-order valence-corrected chi connectivity index (χ4v) is 2.65. The molecule has 0 spiro atoms. The Labute approximate surface area is 139 Å². The third-order valence-corrected chi connectivity index (χ3v) is 4.21. The Hall–Kier alpha value is -1.46. The lowest BCUT2D eigenvalue weighted by atomic mass is 10.1. The molecule has 1 saturated heterocycles. The van der Waals surface area contributed by atoms with E-state index in [0.29, 0.717) is 24.3 Å². The molecule has 0 saturated carbocycles. The van der Waals surface area contributed by atoms with E-state index in [1.54, 1.807) is 13.2 Å². The molecule has 0 atom stereocenters. The van der Waals surface area contributed by atoms with Gasteiger partial charge in [0.15, 0.2) is 0 Å².